The molecular formula is C10H16O5. The van der Waals surface area contributed by atoms with E-state index in [1.165, 1.54) is 0 Å². The van der Waals surface area contributed by atoms with Crippen molar-refractivity contribution in [1.29, 1.82) is 0 Å². The molecule has 1 atom stereocenters. The first-order chi connectivity index (χ1) is 6.66. The van der Waals surface area contributed by atoms with E-state index in [2.05, 4.69) is 4.74 Å². The van der Waals surface area contributed by atoms with E-state index in [9.17, 15) is 14.4 Å². The number of carbonyl (C=O) groups is 3. The van der Waals surface area contributed by atoms with Gasteiger partial charge in [-0.1, -0.05) is 0 Å². The lowest BCUT2D eigenvalue weighted by Crippen LogP contribution is -2.34. The molecule has 0 aromatic heterocycles. The molecule has 0 amide bonds. The van der Waals surface area contributed by atoms with Crippen LogP contribution >= 0.6 is 0 Å². The van der Waals surface area contributed by atoms with Gasteiger partial charge in [-0.15, -0.1) is 0 Å². The third-order valence-electron chi connectivity index (χ3n) is 1.63. The molecule has 0 saturated heterocycles. The lowest BCUT2D eigenvalue weighted by atomic mass is 9.97. The predicted molar refractivity (Wildman–Crippen MR) is 52.1 cm³/mol. The topological polar surface area (TPSA) is 80.7 Å². The van der Waals surface area contributed by atoms with Crippen LogP contribution in [0.4, 0.5) is 0 Å². The standard InChI is InChI=1S/C10H16O5/c1-6(11)8(13)7(12)5-15-9(14)10(2,3)4/h7,12H,5H2,1-4H3. The SMILES string of the molecule is CC(=O)C(=O)C(O)COC(=O)C(C)(C)C. The van der Waals surface area contributed by atoms with Gasteiger partial charge >= 0.3 is 5.97 Å². The number of hydrogen-bond acceptors (Lipinski definition) is 5. The molecule has 5 heteroatoms. The molecule has 5 nitrogen and oxygen atoms in total. The van der Waals surface area contributed by atoms with Crippen LogP contribution in [0.2, 0.25) is 0 Å². The maximum absolute atomic E-state index is 11.2. The smallest absolute Gasteiger partial charge is 0.311 e. The lowest BCUT2D eigenvalue weighted by molar-refractivity contribution is -0.158. The zero-order valence-electron chi connectivity index (χ0n) is 9.36. The monoisotopic (exact) mass is 216 g/mol. The lowest BCUT2D eigenvalue weighted by Gasteiger charge is -2.17. The summed E-state index contributed by atoms with van der Waals surface area (Å²) in [6.07, 6.45) is -1.56. The molecular weight excluding hydrogens is 200 g/mol. The average Bonchev–Trinajstić information content (AvgIpc) is 2.10. The minimum absolute atomic E-state index is 0.478. The van der Waals surface area contributed by atoms with Crippen molar-refractivity contribution in [3.63, 3.8) is 0 Å². The first-order valence-electron chi connectivity index (χ1n) is 4.56. The molecule has 0 rings (SSSR count). The largest absolute Gasteiger partial charge is 0.462 e. The first kappa shape index (κ1) is 13.8. The number of ether oxygens (including phenoxy) is 1. The van der Waals surface area contributed by atoms with Gasteiger partial charge < -0.3 is 9.84 Å². The van der Waals surface area contributed by atoms with Crippen molar-refractivity contribution < 1.29 is 24.2 Å². The Labute approximate surface area is 88.4 Å². The Kier molecular flexibility index (Phi) is 4.61. The fraction of sp³-hybridized carbons (Fsp3) is 0.700. The van der Waals surface area contributed by atoms with Gasteiger partial charge in [0.05, 0.1) is 5.41 Å². The summed E-state index contributed by atoms with van der Waals surface area (Å²) in [4.78, 5) is 32.7. The Hall–Kier alpha value is -1.23. The quantitative estimate of drug-likeness (QED) is 0.532. The van der Waals surface area contributed by atoms with E-state index < -0.39 is 35.7 Å². The van der Waals surface area contributed by atoms with Crippen molar-refractivity contribution in [2.75, 3.05) is 6.61 Å². The van der Waals surface area contributed by atoms with Gasteiger partial charge in [-0.3, -0.25) is 14.4 Å². The molecule has 0 aromatic carbocycles. The maximum atomic E-state index is 11.2. The van der Waals surface area contributed by atoms with Gasteiger partial charge in [0, 0.05) is 6.92 Å². The molecule has 0 heterocycles. The van der Waals surface area contributed by atoms with Gasteiger partial charge in [0.15, 0.2) is 11.9 Å². The van der Waals surface area contributed by atoms with Gasteiger partial charge in [-0.2, -0.15) is 0 Å². The zero-order valence-corrected chi connectivity index (χ0v) is 9.36. The Morgan fingerprint density at radius 3 is 2.07 bits per heavy atom. The van der Waals surface area contributed by atoms with Gasteiger partial charge in [-0.05, 0) is 20.8 Å². The second kappa shape index (κ2) is 5.02. The second-order valence-electron chi connectivity index (χ2n) is 4.28. The fourth-order valence-electron chi connectivity index (χ4n) is 0.681. The molecule has 0 aliphatic carbocycles. The molecule has 0 aromatic rings. The molecule has 1 unspecified atom stereocenters. The predicted octanol–water partition coefficient (Wildman–Crippen LogP) is 0.0947. The number of rotatable bonds is 4. The Morgan fingerprint density at radius 1 is 1.27 bits per heavy atom. The van der Waals surface area contributed by atoms with Crippen molar-refractivity contribution in [2.45, 2.75) is 33.8 Å². The summed E-state index contributed by atoms with van der Waals surface area (Å²) in [5.74, 6) is -2.23. The van der Waals surface area contributed by atoms with Crippen LogP contribution in [-0.4, -0.2) is 35.4 Å². The van der Waals surface area contributed by atoms with E-state index in [4.69, 9.17) is 5.11 Å². The number of esters is 1. The highest BCUT2D eigenvalue weighted by Gasteiger charge is 2.26. The van der Waals surface area contributed by atoms with Gasteiger partial charge in [0.1, 0.15) is 6.61 Å². The van der Waals surface area contributed by atoms with Crippen LogP contribution in [0.25, 0.3) is 0 Å². The second-order valence-corrected chi connectivity index (χ2v) is 4.28. The van der Waals surface area contributed by atoms with Crippen LogP contribution in [0.15, 0.2) is 0 Å². The Morgan fingerprint density at radius 2 is 1.73 bits per heavy atom. The number of carbonyl (C=O) groups excluding carboxylic acids is 3. The van der Waals surface area contributed by atoms with Crippen LogP contribution in [0, 0.1) is 5.41 Å². The van der Waals surface area contributed by atoms with E-state index >= 15 is 0 Å². The normalized spacial score (nSPS) is 13.1. The number of aliphatic hydroxyl groups excluding tert-OH is 1. The summed E-state index contributed by atoms with van der Waals surface area (Å²) < 4.78 is 4.68. The van der Waals surface area contributed by atoms with Gasteiger partial charge in [-0.25, -0.2) is 0 Å². The van der Waals surface area contributed by atoms with Gasteiger partial charge in [0.2, 0.25) is 5.78 Å². The summed E-state index contributed by atoms with van der Waals surface area (Å²) in [6, 6.07) is 0. The first-order valence-corrected chi connectivity index (χ1v) is 4.56. The van der Waals surface area contributed by atoms with Crippen molar-refractivity contribution in [2.24, 2.45) is 5.41 Å². The van der Waals surface area contributed by atoms with Crippen molar-refractivity contribution in [3.05, 3.63) is 0 Å². The molecule has 1 N–H and O–H groups in total. The molecule has 0 radical (unpaired) electrons. The molecule has 0 bridgehead atoms. The highest BCUT2D eigenvalue weighted by Crippen LogP contribution is 2.15. The molecule has 15 heavy (non-hydrogen) atoms. The number of Topliss-reactive ketones (excluding diaryl/α,β-unsaturated/α-hetero) is 2. The van der Waals surface area contributed by atoms with Gasteiger partial charge in [0.25, 0.3) is 0 Å². The summed E-state index contributed by atoms with van der Waals surface area (Å²) in [7, 11) is 0. The molecule has 0 aliphatic heterocycles. The highest BCUT2D eigenvalue weighted by atomic mass is 16.5. The van der Waals surface area contributed by atoms with Crippen LogP contribution < -0.4 is 0 Å². The molecule has 0 aliphatic rings. The minimum Gasteiger partial charge on any atom is -0.462 e. The van der Waals surface area contributed by atoms with Crippen LogP contribution in [0.1, 0.15) is 27.7 Å². The van der Waals surface area contributed by atoms with Crippen LogP contribution in [-0.2, 0) is 19.1 Å². The number of ketones is 2. The van der Waals surface area contributed by atoms with E-state index in [1.807, 2.05) is 0 Å². The fourth-order valence-corrected chi connectivity index (χ4v) is 0.681. The average molecular weight is 216 g/mol. The van der Waals surface area contributed by atoms with Crippen molar-refractivity contribution >= 4 is 17.5 Å². The third kappa shape index (κ3) is 4.69. The molecule has 86 valence electrons. The minimum atomic E-state index is -1.56. The molecule has 0 saturated carbocycles. The van der Waals surface area contributed by atoms with E-state index in [0.29, 0.717) is 0 Å². The highest BCUT2D eigenvalue weighted by molar-refractivity contribution is 6.37. The van der Waals surface area contributed by atoms with Crippen LogP contribution in [0.3, 0.4) is 0 Å². The Bertz CT molecular complexity index is 274. The van der Waals surface area contributed by atoms with E-state index in [1.54, 1.807) is 20.8 Å². The van der Waals surface area contributed by atoms with Crippen LogP contribution in [0.5, 0.6) is 0 Å². The zero-order chi connectivity index (χ0) is 12.2. The summed E-state index contributed by atoms with van der Waals surface area (Å²) >= 11 is 0. The van der Waals surface area contributed by atoms with E-state index in [-0.39, 0.29) is 0 Å². The molecule has 0 fully saturated rings. The molecule has 0 spiro atoms. The Balaban J connectivity index is 4.13. The number of aliphatic hydroxyl groups is 1. The van der Waals surface area contributed by atoms with Crippen molar-refractivity contribution in [1.82, 2.24) is 0 Å². The summed E-state index contributed by atoms with van der Waals surface area (Å²) in [5.41, 5.74) is -0.695. The summed E-state index contributed by atoms with van der Waals surface area (Å²) in [6.45, 7) is 5.52. The summed E-state index contributed by atoms with van der Waals surface area (Å²) in [5, 5.41) is 9.16. The third-order valence-corrected chi connectivity index (χ3v) is 1.63. The maximum Gasteiger partial charge on any atom is 0.311 e. The number of hydrogen-bond donors (Lipinski definition) is 1. The van der Waals surface area contributed by atoms with E-state index in [0.717, 1.165) is 6.92 Å². The van der Waals surface area contributed by atoms with Crippen molar-refractivity contribution in [3.8, 4) is 0 Å².